The lowest BCUT2D eigenvalue weighted by molar-refractivity contribution is -0.385. The van der Waals surface area contributed by atoms with Crippen molar-refractivity contribution in [2.75, 3.05) is 6.61 Å². The second-order valence-corrected chi connectivity index (χ2v) is 6.47. The summed E-state index contributed by atoms with van der Waals surface area (Å²) in [7, 11) is 0. The normalized spacial score (nSPS) is 12.2. The molecule has 6 heteroatoms. The first-order valence-corrected chi connectivity index (χ1v) is 7.59. The monoisotopic (exact) mass is 328 g/mol. The largest absolute Gasteiger partial charge is 0.395 e. The molecular formula is C17H28O6. The lowest BCUT2D eigenvalue weighted by atomic mass is 9.72. The van der Waals surface area contributed by atoms with E-state index in [1.807, 2.05) is 27.7 Å². The number of aliphatic hydroxyl groups is 2. The van der Waals surface area contributed by atoms with E-state index in [9.17, 15) is 19.8 Å². The van der Waals surface area contributed by atoms with Crippen molar-refractivity contribution in [3.8, 4) is 0 Å². The van der Waals surface area contributed by atoms with Gasteiger partial charge in [0.25, 0.3) is 0 Å². The van der Waals surface area contributed by atoms with Crippen LogP contribution in [0.4, 0.5) is 0 Å². The highest BCUT2D eigenvalue weighted by molar-refractivity contribution is 5.83. The molecule has 0 aliphatic carbocycles. The minimum Gasteiger partial charge on any atom is -0.395 e. The number of hydrogen-bond acceptors (Lipinski definition) is 6. The molecule has 0 aliphatic rings. The van der Waals surface area contributed by atoms with Crippen LogP contribution in [0, 0.1) is 17.3 Å². The summed E-state index contributed by atoms with van der Waals surface area (Å²) in [6.07, 6.45) is 2.24. The van der Waals surface area contributed by atoms with Crippen LogP contribution >= 0.6 is 0 Å². The van der Waals surface area contributed by atoms with Crippen molar-refractivity contribution in [2.45, 2.75) is 46.5 Å². The lowest BCUT2D eigenvalue weighted by Gasteiger charge is -2.44. The quantitative estimate of drug-likeness (QED) is 0.363. The van der Waals surface area contributed by atoms with Gasteiger partial charge in [-0.1, -0.05) is 40.9 Å². The zero-order chi connectivity index (χ0) is 18.3. The average Bonchev–Trinajstić information content (AvgIpc) is 2.44. The predicted octanol–water partition coefficient (Wildman–Crippen LogP) is 2.16. The van der Waals surface area contributed by atoms with E-state index >= 15 is 0 Å². The number of rotatable bonds is 10. The summed E-state index contributed by atoms with van der Waals surface area (Å²) in [4.78, 5) is 23.3. The number of esters is 2. The van der Waals surface area contributed by atoms with Crippen molar-refractivity contribution in [2.24, 2.45) is 17.3 Å². The molecule has 23 heavy (non-hydrogen) atoms. The zero-order valence-electron chi connectivity index (χ0n) is 14.4. The highest BCUT2D eigenvalue weighted by Crippen LogP contribution is 2.44. The maximum Gasteiger partial charge on any atom is 0.382 e. The SMILES string of the molecule is C=CC(=O)OC(O)(OC(=O)C=C)C(CO)(CC(C)C)CC(C)C. The molecule has 0 saturated heterocycles. The van der Waals surface area contributed by atoms with Crippen LogP contribution in [0.25, 0.3) is 0 Å². The molecular weight excluding hydrogens is 300 g/mol. The summed E-state index contributed by atoms with van der Waals surface area (Å²) in [5.74, 6) is -4.47. The molecule has 0 radical (unpaired) electrons. The summed E-state index contributed by atoms with van der Waals surface area (Å²) in [6.45, 7) is 13.5. The summed E-state index contributed by atoms with van der Waals surface area (Å²) < 4.78 is 9.93. The molecule has 0 bridgehead atoms. The van der Waals surface area contributed by atoms with Crippen LogP contribution < -0.4 is 0 Å². The second-order valence-electron chi connectivity index (χ2n) is 6.47. The molecule has 132 valence electrons. The second kappa shape index (κ2) is 8.84. The van der Waals surface area contributed by atoms with Crippen LogP contribution in [-0.2, 0) is 19.1 Å². The molecule has 0 spiro atoms. The van der Waals surface area contributed by atoms with E-state index in [1.165, 1.54) is 0 Å². The molecule has 0 atom stereocenters. The zero-order valence-corrected chi connectivity index (χ0v) is 14.4. The highest BCUT2D eigenvalue weighted by atomic mass is 16.8. The molecule has 0 heterocycles. The van der Waals surface area contributed by atoms with Gasteiger partial charge in [-0.2, -0.15) is 0 Å². The lowest BCUT2D eigenvalue weighted by Crippen LogP contribution is -2.57. The minimum absolute atomic E-state index is 0.0392. The van der Waals surface area contributed by atoms with Gasteiger partial charge in [-0.15, -0.1) is 0 Å². The Labute approximate surface area is 137 Å². The minimum atomic E-state index is -2.62. The Balaban J connectivity index is 6.02. The van der Waals surface area contributed by atoms with E-state index < -0.39 is 29.9 Å². The van der Waals surface area contributed by atoms with Gasteiger partial charge < -0.3 is 19.7 Å². The van der Waals surface area contributed by atoms with E-state index in [-0.39, 0.29) is 24.7 Å². The van der Waals surface area contributed by atoms with E-state index in [0.29, 0.717) is 0 Å². The molecule has 0 rings (SSSR count). The van der Waals surface area contributed by atoms with Crippen LogP contribution in [0.1, 0.15) is 40.5 Å². The van der Waals surface area contributed by atoms with Crippen molar-refractivity contribution in [1.29, 1.82) is 0 Å². The number of hydrogen-bond donors (Lipinski definition) is 2. The van der Waals surface area contributed by atoms with Gasteiger partial charge in [0.2, 0.25) is 0 Å². The first-order valence-electron chi connectivity index (χ1n) is 7.59. The van der Waals surface area contributed by atoms with Gasteiger partial charge in [-0.05, 0) is 24.7 Å². The molecule has 0 aromatic rings. The highest BCUT2D eigenvalue weighted by Gasteiger charge is 2.57. The maximum atomic E-state index is 11.6. The van der Waals surface area contributed by atoms with Gasteiger partial charge in [0.05, 0.1) is 6.61 Å². The third kappa shape index (κ3) is 5.80. The Bertz CT molecular complexity index is 406. The Kier molecular flexibility index (Phi) is 8.20. The standard InChI is InChI=1S/C17H28O6/c1-7-14(19)22-17(21,23-15(20)8-2)16(11-18,9-12(3)4)10-13(5)6/h7-8,12-13,18,21H,1-2,9-11H2,3-6H3. The molecule has 0 amide bonds. The van der Waals surface area contributed by atoms with Gasteiger partial charge in [-0.25, -0.2) is 9.59 Å². The predicted molar refractivity (Wildman–Crippen MR) is 86.0 cm³/mol. The molecule has 2 N–H and O–H groups in total. The van der Waals surface area contributed by atoms with Crippen LogP contribution in [-0.4, -0.2) is 34.7 Å². The fourth-order valence-electron chi connectivity index (χ4n) is 2.73. The van der Waals surface area contributed by atoms with E-state index in [2.05, 4.69) is 13.2 Å². The Morgan fingerprint density at radius 3 is 1.57 bits per heavy atom. The number of carbonyl (C=O) groups excluding carboxylic acids is 2. The first kappa shape index (κ1) is 21.3. The average molecular weight is 328 g/mol. The molecule has 0 aliphatic heterocycles. The Hall–Kier alpha value is -1.66. The van der Waals surface area contributed by atoms with Gasteiger partial charge in [0, 0.05) is 12.2 Å². The third-order valence-electron chi connectivity index (χ3n) is 3.38. The molecule has 0 saturated carbocycles. The number of ether oxygens (including phenoxy) is 2. The van der Waals surface area contributed by atoms with Crippen molar-refractivity contribution in [3.63, 3.8) is 0 Å². The Morgan fingerprint density at radius 2 is 1.35 bits per heavy atom. The van der Waals surface area contributed by atoms with E-state index in [4.69, 9.17) is 9.47 Å². The maximum absolute atomic E-state index is 11.6. The molecule has 6 nitrogen and oxygen atoms in total. The summed E-state index contributed by atoms with van der Waals surface area (Å²) in [5, 5.41) is 20.9. The van der Waals surface area contributed by atoms with Crippen LogP contribution in [0.5, 0.6) is 0 Å². The van der Waals surface area contributed by atoms with Crippen molar-refractivity contribution >= 4 is 11.9 Å². The van der Waals surface area contributed by atoms with Gasteiger partial charge >= 0.3 is 17.9 Å². The topological polar surface area (TPSA) is 93.1 Å². The number of carbonyl (C=O) groups is 2. The number of aliphatic hydroxyl groups excluding tert-OH is 1. The van der Waals surface area contributed by atoms with E-state index in [0.717, 1.165) is 12.2 Å². The summed E-state index contributed by atoms with van der Waals surface area (Å²) >= 11 is 0. The van der Waals surface area contributed by atoms with Gasteiger partial charge in [0.15, 0.2) is 0 Å². The molecule has 0 aromatic heterocycles. The smallest absolute Gasteiger partial charge is 0.382 e. The van der Waals surface area contributed by atoms with Crippen molar-refractivity contribution < 1.29 is 29.3 Å². The van der Waals surface area contributed by atoms with Crippen LogP contribution in [0.3, 0.4) is 0 Å². The van der Waals surface area contributed by atoms with Crippen molar-refractivity contribution in [1.82, 2.24) is 0 Å². The van der Waals surface area contributed by atoms with Crippen LogP contribution in [0.15, 0.2) is 25.3 Å². The molecule has 0 fully saturated rings. The van der Waals surface area contributed by atoms with Gasteiger partial charge in [-0.3, -0.25) is 0 Å². The van der Waals surface area contributed by atoms with E-state index in [1.54, 1.807) is 0 Å². The molecule has 0 aromatic carbocycles. The van der Waals surface area contributed by atoms with Gasteiger partial charge in [0.1, 0.15) is 5.41 Å². The fraction of sp³-hybridized carbons (Fsp3) is 0.647. The first-order chi connectivity index (χ1) is 10.6. The Morgan fingerprint density at radius 1 is 1.00 bits per heavy atom. The fourth-order valence-corrected chi connectivity index (χ4v) is 2.73. The van der Waals surface area contributed by atoms with Crippen molar-refractivity contribution in [3.05, 3.63) is 25.3 Å². The van der Waals surface area contributed by atoms with Crippen LogP contribution in [0.2, 0.25) is 0 Å². The third-order valence-corrected chi connectivity index (χ3v) is 3.38. The summed E-state index contributed by atoms with van der Waals surface area (Å²) in [6, 6.07) is 0. The molecule has 0 unspecified atom stereocenters. The summed E-state index contributed by atoms with van der Waals surface area (Å²) in [5.41, 5.74) is -1.37.